The fraction of sp³-hybridized carbons (Fsp3) is 0.233. The first-order chi connectivity index (χ1) is 18.5. The second-order valence-corrected chi connectivity index (χ2v) is 9.72. The number of hydrogen-bond donors (Lipinski definition) is 0. The molecule has 1 aliphatic heterocycles. The van der Waals surface area contributed by atoms with Gasteiger partial charge in [0, 0.05) is 5.56 Å². The van der Waals surface area contributed by atoms with Crippen LogP contribution in [-0.2, 0) is 9.53 Å². The van der Waals surface area contributed by atoms with Crippen LogP contribution in [0, 0.1) is 0 Å². The zero-order chi connectivity index (χ0) is 26.8. The largest absolute Gasteiger partial charge is 0.496 e. The van der Waals surface area contributed by atoms with Crippen molar-refractivity contribution in [2.45, 2.75) is 26.8 Å². The minimum atomic E-state index is -0.770. The number of fused-ring (bicyclic) bond motifs is 2. The minimum Gasteiger partial charge on any atom is -0.496 e. The Balaban J connectivity index is 1.78. The van der Waals surface area contributed by atoms with Gasteiger partial charge in [-0.25, -0.2) is 9.79 Å². The third kappa shape index (κ3) is 4.52. The lowest BCUT2D eigenvalue weighted by molar-refractivity contribution is -0.139. The molecule has 0 saturated heterocycles. The van der Waals surface area contributed by atoms with Crippen LogP contribution in [0.3, 0.4) is 0 Å². The molecule has 0 saturated carbocycles. The van der Waals surface area contributed by atoms with Crippen LogP contribution in [-0.4, -0.2) is 30.9 Å². The van der Waals surface area contributed by atoms with Crippen LogP contribution in [0.15, 0.2) is 81.7 Å². The van der Waals surface area contributed by atoms with E-state index < -0.39 is 12.0 Å². The average Bonchev–Trinajstić information content (AvgIpc) is 3.22. The smallest absolute Gasteiger partial charge is 0.338 e. The van der Waals surface area contributed by atoms with E-state index in [1.165, 1.54) is 11.3 Å². The highest BCUT2D eigenvalue weighted by atomic mass is 32.1. The Morgan fingerprint density at radius 2 is 1.82 bits per heavy atom. The number of hydrogen-bond acceptors (Lipinski definition) is 7. The predicted molar refractivity (Wildman–Crippen MR) is 149 cm³/mol. The lowest BCUT2D eigenvalue weighted by atomic mass is 9.90. The maximum absolute atomic E-state index is 14.0. The molecule has 0 N–H and O–H groups in total. The van der Waals surface area contributed by atoms with Crippen molar-refractivity contribution < 1.29 is 19.0 Å². The third-order valence-corrected chi connectivity index (χ3v) is 7.41. The number of allylic oxidation sites excluding steroid dienone is 1. The van der Waals surface area contributed by atoms with Crippen molar-refractivity contribution in [1.82, 2.24) is 4.57 Å². The highest BCUT2D eigenvalue weighted by Crippen LogP contribution is 2.40. The van der Waals surface area contributed by atoms with Crippen molar-refractivity contribution in [2.75, 3.05) is 20.3 Å². The topological polar surface area (TPSA) is 79.1 Å². The number of rotatable bonds is 7. The molecule has 3 aromatic carbocycles. The molecule has 0 amide bonds. The Kier molecular flexibility index (Phi) is 7.15. The van der Waals surface area contributed by atoms with Crippen LogP contribution < -0.4 is 24.4 Å². The van der Waals surface area contributed by atoms with Gasteiger partial charge in [0.1, 0.15) is 17.5 Å². The summed E-state index contributed by atoms with van der Waals surface area (Å²) in [5, 5.41) is 1.85. The van der Waals surface area contributed by atoms with E-state index in [-0.39, 0.29) is 12.2 Å². The van der Waals surface area contributed by atoms with Gasteiger partial charge in [-0.15, -0.1) is 0 Å². The van der Waals surface area contributed by atoms with E-state index in [0.717, 1.165) is 27.6 Å². The van der Waals surface area contributed by atoms with E-state index in [1.807, 2.05) is 73.7 Å². The molecule has 5 rings (SSSR count). The molecule has 0 fully saturated rings. The fourth-order valence-electron chi connectivity index (χ4n) is 4.78. The molecular weight excluding hydrogens is 500 g/mol. The van der Waals surface area contributed by atoms with Gasteiger partial charge in [0.05, 0.1) is 36.1 Å². The molecule has 0 radical (unpaired) electrons. The number of ether oxygens (including phenoxy) is 3. The quantitative estimate of drug-likeness (QED) is 0.333. The standard InChI is InChI=1S/C30H28N2O5S/c1-5-36-21-14-11-19(12-15-21)17-24-28(33)32-27(25(29(34)37-6-2)18(3)31-30(32)38-24)26-22-10-8-7-9-20(22)13-16-23(26)35-4/h7-17,27H,5-6H2,1-4H3/b24-17+/t27-/m0/s1. The van der Waals surface area contributed by atoms with Gasteiger partial charge >= 0.3 is 5.97 Å². The first kappa shape index (κ1) is 25.5. The van der Waals surface area contributed by atoms with E-state index >= 15 is 0 Å². The zero-order valence-corrected chi connectivity index (χ0v) is 22.5. The molecule has 2 heterocycles. The summed E-state index contributed by atoms with van der Waals surface area (Å²) in [5.41, 5.74) is 2.17. The Bertz CT molecular complexity index is 1730. The van der Waals surface area contributed by atoms with Crippen molar-refractivity contribution in [3.8, 4) is 11.5 Å². The molecule has 1 aliphatic rings. The first-order valence-electron chi connectivity index (χ1n) is 12.4. The Labute approximate surface area is 223 Å². The summed E-state index contributed by atoms with van der Waals surface area (Å²) in [6, 6.07) is 18.5. The Morgan fingerprint density at radius 3 is 2.53 bits per heavy atom. The summed E-state index contributed by atoms with van der Waals surface area (Å²) in [4.78, 5) is 32.5. The molecule has 38 heavy (non-hydrogen) atoms. The Hall–Kier alpha value is -4.17. The number of aromatic nitrogens is 1. The molecule has 4 aromatic rings. The number of nitrogens with zero attached hydrogens (tertiary/aromatic N) is 2. The van der Waals surface area contributed by atoms with E-state index in [9.17, 15) is 9.59 Å². The second-order valence-electron chi connectivity index (χ2n) is 8.71. The summed E-state index contributed by atoms with van der Waals surface area (Å²) < 4.78 is 18.9. The molecule has 0 bridgehead atoms. The molecule has 0 unspecified atom stereocenters. The number of carbonyl (C=O) groups is 1. The minimum absolute atomic E-state index is 0.206. The maximum atomic E-state index is 14.0. The summed E-state index contributed by atoms with van der Waals surface area (Å²) in [5.74, 6) is 0.838. The number of benzene rings is 3. The van der Waals surface area contributed by atoms with Crippen LogP contribution in [0.4, 0.5) is 0 Å². The van der Waals surface area contributed by atoms with Crippen molar-refractivity contribution in [3.05, 3.63) is 103 Å². The lowest BCUT2D eigenvalue weighted by Gasteiger charge is -2.27. The predicted octanol–water partition coefficient (Wildman–Crippen LogP) is 4.36. The van der Waals surface area contributed by atoms with Gasteiger partial charge in [-0.2, -0.15) is 0 Å². The van der Waals surface area contributed by atoms with Crippen LogP contribution >= 0.6 is 11.3 Å². The van der Waals surface area contributed by atoms with E-state index in [0.29, 0.717) is 33.0 Å². The van der Waals surface area contributed by atoms with Crippen LogP contribution in [0.25, 0.3) is 16.8 Å². The Morgan fingerprint density at radius 1 is 1.05 bits per heavy atom. The summed E-state index contributed by atoms with van der Waals surface area (Å²) >= 11 is 1.29. The highest BCUT2D eigenvalue weighted by Gasteiger charge is 2.36. The van der Waals surface area contributed by atoms with Gasteiger partial charge in [0.15, 0.2) is 4.80 Å². The van der Waals surface area contributed by atoms with Gasteiger partial charge in [-0.05, 0) is 61.4 Å². The summed E-state index contributed by atoms with van der Waals surface area (Å²) in [6.07, 6.45) is 1.83. The molecule has 1 atom stereocenters. The molecule has 1 aromatic heterocycles. The molecule has 0 aliphatic carbocycles. The number of thiazole rings is 1. The monoisotopic (exact) mass is 528 g/mol. The van der Waals surface area contributed by atoms with Gasteiger partial charge in [-0.1, -0.05) is 53.8 Å². The number of carbonyl (C=O) groups excluding carboxylic acids is 1. The fourth-order valence-corrected chi connectivity index (χ4v) is 5.83. The SMILES string of the molecule is CCOC(=O)C1=C(C)N=c2s/c(=C/c3ccc(OCC)cc3)c(=O)n2[C@@H]1c1c(OC)ccc2ccccc12. The molecule has 7 nitrogen and oxygen atoms in total. The summed E-state index contributed by atoms with van der Waals surface area (Å²) in [6.45, 7) is 6.26. The molecule has 0 spiro atoms. The summed E-state index contributed by atoms with van der Waals surface area (Å²) in [7, 11) is 1.59. The third-order valence-electron chi connectivity index (χ3n) is 6.43. The van der Waals surface area contributed by atoms with Crippen molar-refractivity contribution in [2.24, 2.45) is 4.99 Å². The van der Waals surface area contributed by atoms with Gasteiger partial charge < -0.3 is 14.2 Å². The second kappa shape index (κ2) is 10.7. The van der Waals surface area contributed by atoms with Crippen LogP contribution in [0.5, 0.6) is 11.5 Å². The first-order valence-corrected chi connectivity index (χ1v) is 13.3. The van der Waals surface area contributed by atoms with Crippen molar-refractivity contribution in [1.29, 1.82) is 0 Å². The molecule has 194 valence electrons. The van der Waals surface area contributed by atoms with Crippen molar-refractivity contribution in [3.63, 3.8) is 0 Å². The van der Waals surface area contributed by atoms with E-state index in [2.05, 4.69) is 4.99 Å². The average molecular weight is 529 g/mol. The van der Waals surface area contributed by atoms with E-state index in [4.69, 9.17) is 14.2 Å². The van der Waals surface area contributed by atoms with E-state index in [1.54, 1.807) is 25.5 Å². The van der Waals surface area contributed by atoms with Crippen LogP contribution in [0.1, 0.15) is 37.9 Å². The van der Waals surface area contributed by atoms with Crippen molar-refractivity contribution >= 4 is 34.2 Å². The highest BCUT2D eigenvalue weighted by molar-refractivity contribution is 7.07. The zero-order valence-electron chi connectivity index (χ0n) is 21.7. The normalized spacial score (nSPS) is 15.3. The number of methoxy groups -OCH3 is 1. The van der Waals surface area contributed by atoms with Gasteiger partial charge in [-0.3, -0.25) is 9.36 Å². The van der Waals surface area contributed by atoms with Gasteiger partial charge in [0.25, 0.3) is 5.56 Å². The molecule has 8 heteroatoms. The van der Waals surface area contributed by atoms with Gasteiger partial charge in [0.2, 0.25) is 0 Å². The molecular formula is C30H28N2O5S. The maximum Gasteiger partial charge on any atom is 0.338 e. The number of esters is 1. The lowest BCUT2D eigenvalue weighted by Crippen LogP contribution is -2.40. The van der Waals surface area contributed by atoms with Crippen LogP contribution in [0.2, 0.25) is 0 Å².